The van der Waals surface area contributed by atoms with Crippen molar-refractivity contribution >= 4 is 15.9 Å². The molecule has 1 aromatic carbocycles. The van der Waals surface area contributed by atoms with Crippen LogP contribution >= 0.6 is 15.9 Å². The third-order valence-corrected chi connectivity index (χ3v) is 4.76. The van der Waals surface area contributed by atoms with Gasteiger partial charge in [0.05, 0.1) is 17.2 Å². The van der Waals surface area contributed by atoms with E-state index >= 15 is 0 Å². The molecule has 1 N–H and O–H groups in total. The van der Waals surface area contributed by atoms with E-state index in [1.807, 2.05) is 12.1 Å². The molecule has 0 saturated heterocycles. The standard InChI is InChI=1S/C15H21BrO2/c1-3-12-5-4-8-15(12,17)10-11-6-7-14(18-2)13(16)9-11/h6-7,9,12,17H,3-5,8,10H2,1-2H3. The van der Waals surface area contributed by atoms with Crippen LogP contribution < -0.4 is 4.74 Å². The van der Waals surface area contributed by atoms with Crippen molar-refractivity contribution in [2.75, 3.05) is 7.11 Å². The van der Waals surface area contributed by atoms with Gasteiger partial charge in [-0.2, -0.15) is 0 Å². The van der Waals surface area contributed by atoms with Crippen LogP contribution in [-0.4, -0.2) is 17.8 Å². The van der Waals surface area contributed by atoms with Gasteiger partial charge in [0, 0.05) is 6.42 Å². The predicted molar refractivity (Wildman–Crippen MR) is 77.0 cm³/mol. The highest BCUT2D eigenvalue weighted by Gasteiger charge is 2.39. The second kappa shape index (κ2) is 5.62. The number of hydrogen-bond acceptors (Lipinski definition) is 2. The Labute approximate surface area is 117 Å². The van der Waals surface area contributed by atoms with Crippen LogP contribution in [0.4, 0.5) is 0 Å². The molecule has 2 nitrogen and oxygen atoms in total. The van der Waals surface area contributed by atoms with E-state index in [2.05, 4.69) is 28.9 Å². The lowest BCUT2D eigenvalue weighted by atomic mass is 9.83. The van der Waals surface area contributed by atoms with Gasteiger partial charge >= 0.3 is 0 Å². The topological polar surface area (TPSA) is 29.5 Å². The van der Waals surface area contributed by atoms with Crippen molar-refractivity contribution in [2.45, 2.75) is 44.6 Å². The highest BCUT2D eigenvalue weighted by molar-refractivity contribution is 9.10. The zero-order valence-corrected chi connectivity index (χ0v) is 12.7. The first-order valence-corrected chi connectivity index (χ1v) is 7.43. The Hall–Kier alpha value is -0.540. The van der Waals surface area contributed by atoms with Crippen LogP contribution in [0, 0.1) is 5.92 Å². The van der Waals surface area contributed by atoms with E-state index < -0.39 is 5.60 Å². The Kier molecular flexibility index (Phi) is 4.33. The zero-order valence-electron chi connectivity index (χ0n) is 11.1. The largest absolute Gasteiger partial charge is 0.496 e. The molecule has 0 bridgehead atoms. The highest BCUT2D eigenvalue weighted by Crippen LogP contribution is 2.40. The number of ether oxygens (including phenoxy) is 1. The molecule has 1 aromatic rings. The van der Waals surface area contributed by atoms with Gasteiger partial charge in [-0.3, -0.25) is 0 Å². The smallest absolute Gasteiger partial charge is 0.133 e. The summed E-state index contributed by atoms with van der Waals surface area (Å²) in [5.41, 5.74) is 0.661. The molecule has 1 aliphatic rings. The summed E-state index contributed by atoms with van der Waals surface area (Å²) in [5.74, 6) is 1.28. The fraction of sp³-hybridized carbons (Fsp3) is 0.600. The van der Waals surface area contributed by atoms with Gasteiger partial charge in [-0.25, -0.2) is 0 Å². The predicted octanol–water partition coefficient (Wildman–Crippen LogP) is 3.94. The van der Waals surface area contributed by atoms with E-state index in [4.69, 9.17) is 4.74 Å². The van der Waals surface area contributed by atoms with Crippen molar-refractivity contribution in [2.24, 2.45) is 5.92 Å². The minimum absolute atomic E-state index is 0.443. The third-order valence-electron chi connectivity index (χ3n) is 4.14. The molecule has 0 spiro atoms. The first-order chi connectivity index (χ1) is 8.59. The van der Waals surface area contributed by atoms with E-state index in [0.29, 0.717) is 5.92 Å². The molecule has 2 unspecified atom stereocenters. The molecular formula is C15H21BrO2. The van der Waals surface area contributed by atoms with E-state index in [1.54, 1.807) is 7.11 Å². The lowest BCUT2D eigenvalue weighted by Crippen LogP contribution is -2.35. The van der Waals surface area contributed by atoms with Crippen molar-refractivity contribution < 1.29 is 9.84 Å². The molecule has 1 saturated carbocycles. The monoisotopic (exact) mass is 312 g/mol. The second-order valence-corrected chi connectivity index (χ2v) is 6.10. The molecule has 0 aromatic heterocycles. The average molecular weight is 313 g/mol. The summed E-state index contributed by atoms with van der Waals surface area (Å²) in [7, 11) is 1.66. The van der Waals surface area contributed by atoms with Crippen molar-refractivity contribution in [1.82, 2.24) is 0 Å². The highest BCUT2D eigenvalue weighted by atomic mass is 79.9. The Balaban J connectivity index is 2.16. The van der Waals surface area contributed by atoms with Gasteiger partial charge in [0.25, 0.3) is 0 Å². The summed E-state index contributed by atoms with van der Waals surface area (Å²) >= 11 is 3.50. The zero-order chi connectivity index (χ0) is 13.2. The number of hydrogen-bond donors (Lipinski definition) is 1. The number of benzene rings is 1. The molecule has 0 heterocycles. The molecule has 3 heteroatoms. The molecule has 0 amide bonds. The van der Waals surface area contributed by atoms with Crippen LogP contribution in [0.2, 0.25) is 0 Å². The number of halogens is 1. The summed E-state index contributed by atoms with van der Waals surface area (Å²) in [6.07, 6.45) is 5.04. The average Bonchev–Trinajstić information content (AvgIpc) is 2.70. The van der Waals surface area contributed by atoms with Crippen molar-refractivity contribution in [3.05, 3.63) is 28.2 Å². The van der Waals surface area contributed by atoms with E-state index in [1.165, 1.54) is 5.56 Å². The minimum Gasteiger partial charge on any atom is -0.496 e. The minimum atomic E-state index is -0.511. The lowest BCUT2D eigenvalue weighted by Gasteiger charge is -2.29. The molecule has 100 valence electrons. The maximum Gasteiger partial charge on any atom is 0.133 e. The Morgan fingerprint density at radius 3 is 2.89 bits per heavy atom. The molecule has 0 aliphatic heterocycles. The van der Waals surface area contributed by atoms with Crippen LogP contribution in [0.5, 0.6) is 5.75 Å². The summed E-state index contributed by atoms with van der Waals surface area (Å²) in [6, 6.07) is 6.06. The molecule has 1 aliphatic carbocycles. The molecule has 1 fully saturated rings. The maximum atomic E-state index is 10.8. The van der Waals surface area contributed by atoms with Gasteiger partial charge in [0.2, 0.25) is 0 Å². The van der Waals surface area contributed by atoms with Gasteiger partial charge in [-0.1, -0.05) is 25.8 Å². The lowest BCUT2D eigenvalue weighted by molar-refractivity contribution is 0.00145. The van der Waals surface area contributed by atoms with Crippen LogP contribution in [0.15, 0.2) is 22.7 Å². The normalized spacial score (nSPS) is 27.4. The number of rotatable bonds is 4. The van der Waals surface area contributed by atoms with Gasteiger partial charge < -0.3 is 9.84 Å². The van der Waals surface area contributed by atoms with Crippen LogP contribution in [0.3, 0.4) is 0 Å². The Morgan fingerprint density at radius 2 is 2.28 bits per heavy atom. The third kappa shape index (κ3) is 2.72. The maximum absolute atomic E-state index is 10.8. The first kappa shape index (κ1) is 13.9. The van der Waals surface area contributed by atoms with Crippen LogP contribution in [0.25, 0.3) is 0 Å². The molecule has 2 atom stereocenters. The van der Waals surface area contributed by atoms with Crippen molar-refractivity contribution in [3.8, 4) is 5.75 Å². The van der Waals surface area contributed by atoms with Gasteiger partial charge in [0.1, 0.15) is 5.75 Å². The quantitative estimate of drug-likeness (QED) is 0.912. The SMILES string of the molecule is CCC1CCCC1(O)Cc1ccc(OC)c(Br)c1. The second-order valence-electron chi connectivity index (χ2n) is 5.25. The van der Waals surface area contributed by atoms with Gasteiger partial charge in [0.15, 0.2) is 0 Å². The van der Waals surface area contributed by atoms with Crippen molar-refractivity contribution in [3.63, 3.8) is 0 Å². The van der Waals surface area contributed by atoms with E-state index in [0.717, 1.165) is 42.3 Å². The summed E-state index contributed by atoms with van der Waals surface area (Å²) in [5, 5.41) is 10.8. The van der Waals surface area contributed by atoms with Gasteiger partial charge in [-0.05, 0) is 52.4 Å². The Morgan fingerprint density at radius 1 is 1.50 bits per heavy atom. The van der Waals surface area contributed by atoms with E-state index in [9.17, 15) is 5.11 Å². The molecule has 2 rings (SSSR count). The summed E-state index contributed by atoms with van der Waals surface area (Å²) in [6.45, 7) is 2.17. The first-order valence-electron chi connectivity index (χ1n) is 6.64. The molecule has 0 radical (unpaired) electrons. The molecule has 18 heavy (non-hydrogen) atoms. The number of methoxy groups -OCH3 is 1. The fourth-order valence-corrected chi connectivity index (χ4v) is 3.71. The molecular weight excluding hydrogens is 292 g/mol. The van der Waals surface area contributed by atoms with Gasteiger partial charge in [-0.15, -0.1) is 0 Å². The van der Waals surface area contributed by atoms with Crippen LogP contribution in [0.1, 0.15) is 38.2 Å². The summed E-state index contributed by atoms with van der Waals surface area (Å²) < 4.78 is 6.18. The van der Waals surface area contributed by atoms with Crippen molar-refractivity contribution in [1.29, 1.82) is 0 Å². The summed E-state index contributed by atoms with van der Waals surface area (Å²) in [4.78, 5) is 0. The van der Waals surface area contributed by atoms with E-state index in [-0.39, 0.29) is 0 Å². The number of aliphatic hydroxyl groups is 1. The Bertz CT molecular complexity index is 419. The fourth-order valence-electron chi connectivity index (χ4n) is 3.12. The van der Waals surface area contributed by atoms with Crippen LogP contribution in [-0.2, 0) is 6.42 Å².